The van der Waals surface area contributed by atoms with Crippen LogP contribution in [0.15, 0.2) is 58.3 Å². The van der Waals surface area contributed by atoms with Crippen molar-refractivity contribution in [3.05, 3.63) is 58.8 Å². The van der Waals surface area contributed by atoms with E-state index in [0.29, 0.717) is 15.3 Å². The molecule has 0 aliphatic heterocycles. The highest BCUT2D eigenvalue weighted by Crippen LogP contribution is 2.24. The number of benzene rings is 2. The number of carbonyl (C=O) groups excluding carboxylic acids is 1. The molecule has 1 amide bonds. The number of fused-ring (bicyclic) bond motifs is 1. The molecule has 3 aromatic rings. The van der Waals surface area contributed by atoms with E-state index in [2.05, 4.69) is 31.2 Å². The molecule has 4 nitrogen and oxygen atoms in total. The molecule has 0 aliphatic carbocycles. The molecule has 1 aromatic heterocycles. The van der Waals surface area contributed by atoms with Crippen molar-refractivity contribution in [1.82, 2.24) is 9.97 Å². The lowest BCUT2D eigenvalue weighted by Gasteiger charge is -2.09. The minimum atomic E-state index is -0.263. The number of carbonyl (C=O) groups is 1. The quantitative estimate of drug-likeness (QED) is 0.547. The summed E-state index contributed by atoms with van der Waals surface area (Å²) in [5, 5.41) is 5.56. The third-order valence-electron chi connectivity index (χ3n) is 3.16. The molecule has 22 heavy (non-hydrogen) atoms. The third-order valence-corrected chi connectivity index (χ3v) is 4.30. The maximum absolute atomic E-state index is 12.5. The Kier molecular flexibility index (Phi) is 4.40. The van der Waals surface area contributed by atoms with Gasteiger partial charge >= 0.3 is 0 Å². The Hall–Kier alpha value is -1.92. The van der Waals surface area contributed by atoms with Crippen molar-refractivity contribution in [2.45, 2.75) is 5.16 Å². The molecule has 0 aliphatic rings. The van der Waals surface area contributed by atoms with Gasteiger partial charge in [-0.25, -0.2) is 9.97 Å². The molecule has 0 fully saturated rings. The zero-order valence-electron chi connectivity index (χ0n) is 11.7. The predicted molar refractivity (Wildman–Crippen MR) is 93.4 cm³/mol. The lowest BCUT2D eigenvalue weighted by atomic mass is 10.1. The second-order valence-electron chi connectivity index (χ2n) is 4.53. The van der Waals surface area contributed by atoms with Gasteiger partial charge in [-0.05, 0) is 33.6 Å². The lowest BCUT2D eigenvalue weighted by molar-refractivity contribution is 0.102. The third kappa shape index (κ3) is 2.98. The zero-order valence-corrected chi connectivity index (χ0v) is 14.1. The highest BCUT2D eigenvalue weighted by Gasteiger charge is 2.15. The average Bonchev–Trinajstić information content (AvgIpc) is 2.55. The fourth-order valence-electron chi connectivity index (χ4n) is 2.12. The second-order valence-corrected chi connectivity index (χ2v) is 6.16. The number of nitrogens with one attached hydrogen (secondary N) is 1. The minimum absolute atomic E-state index is 0.263. The molecule has 0 saturated carbocycles. The summed E-state index contributed by atoms with van der Waals surface area (Å²) < 4.78 is 0.572. The molecule has 0 radical (unpaired) electrons. The van der Waals surface area contributed by atoms with Crippen LogP contribution in [0.1, 0.15) is 10.5 Å². The van der Waals surface area contributed by atoms with Crippen molar-refractivity contribution in [3.8, 4) is 0 Å². The van der Waals surface area contributed by atoms with Crippen LogP contribution in [0.4, 0.5) is 5.69 Å². The normalized spacial score (nSPS) is 10.6. The van der Waals surface area contributed by atoms with Gasteiger partial charge in [-0.3, -0.25) is 4.79 Å². The number of thioether (sulfide) groups is 1. The molecular formula is C16H12BrN3OS. The molecule has 0 unspecified atom stereocenters. The number of hydrogen-bond acceptors (Lipinski definition) is 4. The van der Waals surface area contributed by atoms with Gasteiger partial charge in [0.05, 0.1) is 4.47 Å². The molecule has 0 saturated heterocycles. The fraction of sp³-hybridized carbons (Fsp3) is 0.0625. The van der Waals surface area contributed by atoms with E-state index in [-0.39, 0.29) is 5.91 Å². The monoisotopic (exact) mass is 373 g/mol. The first-order valence-electron chi connectivity index (χ1n) is 6.54. The van der Waals surface area contributed by atoms with E-state index in [0.717, 1.165) is 16.5 Å². The van der Waals surface area contributed by atoms with Gasteiger partial charge in [0.2, 0.25) is 0 Å². The number of aromatic nitrogens is 2. The van der Waals surface area contributed by atoms with Crippen LogP contribution in [0.2, 0.25) is 0 Å². The van der Waals surface area contributed by atoms with Crippen molar-refractivity contribution >= 4 is 50.1 Å². The molecule has 110 valence electrons. The molecule has 1 heterocycles. The standard InChI is InChI=1S/C16H12BrN3OS/c1-22-16-18-9-12(17)14(20-16)15(21)19-13-8-4-6-10-5-2-3-7-11(10)13/h2-9H,1H3,(H,19,21). The van der Waals surface area contributed by atoms with Gasteiger partial charge in [-0.1, -0.05) is 48.2 Å². The van der Waals surface area contributed by atoms with Gasteiger partial charge in [-0.2, -0.15) is 0 Å². The molecule has 1 N–H and O–H groups in total. The highest BCUT2D eigenvalue weighted by atomic mass is 79.9. The van der Waals surface area contributed by atoms with Gasteiger partial charge in [0.1, 0.15) is 5.69 Å². The van der Waals surface area contributed by atoms with Crippen LogP contribution in [-0.2, 0) is 0 Å². The van der Waals surface area contributed by atoms with Gasteiger partial charge in [0.25, 0.3) is 5.91 Å². The van der Waals surface area contributed by atoms with Crippen LogP contribution in [0, 0.1) is 0 Å². The molecule has 0 spiro atoms. The molecule has 3 rings (SSSR count). The van der Waals surface area contributed by atoms with Gasteiger partial charge < -0.3 is 5.32 Å². The second kappa shape index (κ2) is 6.46. The summed E-state index contributed by atoms with van der Waals surface area (Å²) in [6.45, 7) is 0. The summed E-state index contributed by atoms with van der Waals surface area (Å²) in [5.41, 5.74) is 1.09. The summed E-state index contributed by atoms with van der Waals surface area (Å²) >= 11 is 4.72. The van der Waals surface area contributed by atoms with E-state index in [1.54, 1.807) is 6.20 Å². The Morgan fingerprint density at radius 1 is 1.18 bits per heavy atom. The number of rotatable bonds is 3. The number of hydrogen-bond donors (Lipinski definition) is 1. The first-order valence-corrected chi connectivity index (χ1v) is 8.56. The van der Waals surface area contributed by atoms with E-state index in [1.165, 1.54) is 11.8 Å². The van der Waals surface area contributed by atoms with Crippen LogP contribution in [0.5, 0.6) is 0 Å². The maximum Gasteiger partial charge on any atom is 0.275 e. The van der Waals surface area contributed by atoms with Crippen LogP contribution in [-0.4, -0.2) is 22.1 Å². The van der Waals surface area contributed by atoms with E-state index in [4.69, 9.17) is 0 Å². The van der Waals surface area contributed by atoms with Crippen LogP contribution in [0.3, 0.4) is 0 Å². The Morgan fingerprint density at radius 3 is 2.77 bits per heavy atom. The Balaban J connectivity index is 1.97. The van der Waals surface area contributed by atoms with Crippen molar-refractivity contribution < 1.29 is 4.79 Å². The number of anilines is 1. The van der Waals surface area contributed by atoms with Crippen LogP contribution in [0.25, 0.3) is 10.8 Å². The summed E-state index contributed by atoms with van der Waals surface area (Å²) in [7, 11) is 0. The SMILES string of the molecule is CSc1ncc(Br)c(C(=O)Nc2cccc3ccccc23)n1. The summed E-state index contributed by atoms with van der Waals surface area (Å²) in [4.78, 5) is 20.9. The van der Waals surface area contributed by atoms with Crippen LogP contribution >= 0.6 is 27.7 Å². The predicted octanol–water partition coefficient (Wildman–Crippen LogP) is 4.37. The Labute approximate surface area is 140 Å². The maximum atomic E-state index is 12.5. The lowest BCUT2D eigenvalue weighted by Crippen LogP contribution is -2.15. The Morgan fingerprint density at radius 2 is 1.95 bits per heavy atom. The van der Waals surface area contributed by atoms with Crippen molar-refractivity contribution in [2.24, 2.45) is 0 Å². The molecule has 0 atom stereocenters. The number of halogens is 1. The zero-order chi connectivity index (χ0) is 15.5. The minimum Gasteiger partial charge on any atom is -0.320 e. The molecular weight excluding hydrogens is 362 g/mol. The van der Waals surface area contributed by atoms with E-state index in [9.17, 15) is 4.79 Å². The summed E-state index contributed by atoms with van der Waals surface area (Å²) in [5.74, 6) is -0.263. The fourth-order valence-corrected chi connectivity index (χ4v) is 2.84. The topological polar surface area (TPSA) is 54.9 Å². The van der Waals surface area contributed by atoms with E-state index >= 15 is 0 Å². The van der Waals surface area contributed by atoms with Gasteiger partial charge in [-0.15, -0.1) is 0 Å². The average molecular weight is 374 g/mol. The van der Waals surface area contributed by atoms with E-state index in [1.807, 2.05) is 48.7 Å². The van der Waals surface area contributed by atoms with E-state index < -0.39 is 0 Å². The molecule has 2 aromatic carbocycles. The van der Waals surface area contributed by atoms with Gasteiger partial charge in [0, 0.05) is 17.3 Å². The number of nitrogens with zero attached hydrogens (tertiary/aromatic N) is 2. The highest BCUT2D eigenvalue weighted by molar-refractivity contribution is 9.10. The summed E-state index contributed by atoms with van der Waals surface area (Å²) in [6, 6.07) is 13.7. The Bertz CT molecular complexity index is 848. The number of amides is 1. The van der Waals surface area contributed by atoms with Crippen molar-refractivity contribution in [2.75, 3.05) is 11.6 Å². The van der Waals surface area contributed by atoms with Crippen molar-refractivity contribution in [3.63, 3.8) is 0 Å². The first-order chi connectivity index (χ1) is 10.7. The molecule has 0 bridgehead atoms. The van der Waals surface area contributed by atoms with Gasteiger partial charge in [0.15, 0.2) is 5.16 Å². The largest absolute Gasteiger partial charge is 0.320 e. The summed E-state index contributed by atoms with van der Waals surface area (Å²) in [6.07, 6.45) is 3.46. The first kappa shape index (κ1) is 15.0. The smallest absolute Gasteiger partial charge is 0.275 e. The molecule has 6 heteroatoms. The van der Waals surface area contributed by atoms with Crippen molar-refractivity contribution in [1.29, 1.82) is 0 Å². The van der Waals surface area contributed by atoms with Crippen LogP contribution < -0.4 is 5.32 Å².